The Morgan fingerprint density at radius 2 is 1.90 bits per heavy atom. The second-order valence-corrected chi connectivity index (χ2v) is 5.38. The number of pyridine rings is 1. The lowest BCUT2D eigenvalue weighted by Crippen LogP contribution is -2.32. The third-order valence-electron chi connectivity index (χ3n) is 3.67. The lowest BCUT2D eigenvalue weighted by atomic mass is 9.92. The van der Waals surface area contributed by atoms with Crippen LogP contribution in [-0.2, 0) is 6.18 Å². The first kappa shape index (κ1) is 20.3. The summed E-state index contributed by atoms with van der Waals surface area (Å²) in [5.74, 6) is 1.05. The van der Waals surface area contributed by atoms with Crippen LogP contribution in [0.4, 0.5) is 19.0 Å². The molecule has 3 nitrogen and oxygen atoms in total. The average Bonchev–Trinajstić information content (AvgIpc) is 2.70. The molecule has 2 atom stereocenters. The minimum Gasteiger partial charge on any atom is -0.355 e. The van der Waals surface area contributed by atoms with Crippen molar-refractivity contribution in [3.63, 3.8) is 0 Å². The van der Waals surface area contributed by atoms with Gasteiger partial charge in [-0.05, 0) is 24.0 Å². The molecular formula is C13H20Cl2F3N3. The Bertz CT molecular complexity index is 455. The molecule has 0 aromatic carbocycles. The van der Waals surface area contributed by atoms with Gasteiger partial charge in [0.25, 0.3) is 0 Å². The van der Waals surface area contributed by atoms with Crippen LogP contribution in [-0.4, -0.2) is 24.1 Å². The minimum atomic E-state index is -4.34. The van der Waals surface area contributed by atoms with E-state index in [0.717, 1.165) is 12.1 Å². The molecule has 1 aliphatic rings. The molecule has 2 heterocycles. The van der Waals surface area contributed by atoms with E-state index < -0.39 is 11.7 Å². The molecule has 1 fully saturated rings. The van der Waals surface area contributed by atoms with Crippen molar-refractivity contribution in [3.05, 3.63) is 23.9 Å². The summed E-state index contributed by atoms with van der Waals surface area (Å²) in [5, 5.41) is 0. The molecule has 0 amide bonds. The normalized spacial score (nSPS) is 22.0. The number of hydrogen-bond donors (Lipinski definition) is 1. The third kappa shape index (κ3) is 4.63. The quantitative estimate of drug-likeness (QED) is 0.893. The maximum absolute atomic E-state index is 12.7. The fourth-order valence-corrected chi connectivity index (χ4v) is 2.51. The molecule has 122 valence electrons. The van der Waals surface area contributed by atoms with Crippen LogP contribution in [0.25, 0.3) is 0 Å². The standard InChI is InChI=1S/C13H18F3N3.2ClH/c1-8(2)10-6-19(7-11(10)17)12-5-9(3-4-18-12)13(14,15)16;;/h3-5,8,10-11H,6-7,17H2,1-2H3;2*1H/t10-,11+;;/m1../s1. The number of anilines is 1. The molecule has 0 unspecified atom stereocenters. The van der Waals surface area contributed by atoms with Crippen molar-refractivity contribution in [1.82, 2.24) is 4.98 Å². The molecule has 2 N–H and O–H groups in total. The topological polar surface area (TPSA) is 42.2 Å². The van der Waals surface area contributed by atoms with Crippen molar-refractivity contribution >= 4 is 30.6 Å². The molecule has 2 rings (SSSR count). The van der Waals surface area contributed by atoms with Crippen LogP contribution in [0.1, 0.15) is 19.4 Å². The van der Waals surface area contributed by atoms with Gasteiger partial charge in [-0.15, -0.1) is 24.8 Å². The van der Waals surface area contributed by atoms with Gasteiger partial charge in [-0.2, -0.15) is 13.2 Å². The Morgan fingerprint density at radius 1 is 1.29 bits per heavy atom. The van der Waals surface area contributed by atoms with E-state index in [2.05, 4.69) is 18.8 Å². The highest BCUT2D eigenvalue weighted by molar-refractivity contribution is 5.85. The minimum absolute atomic E-state index is 0. The van der Waals surface area contributed by atoms with Gasteiger partial charge in [0.15, 0.2) is 0 Å². The molecule has 1 aliphatic heterocycles. The van der Waals surface area contributed by atoms with Gasteiger partial charge in [0.2, 0.25) is 0 Å². The van der Waals surface area contributed by atoms with Crippen molar-refractivity contribution < 1.29 is 13.2 Å². The highest BCUT2D eigenvalue weighted by atomic mass is 35.5. The van der Waals surface area contributed by atoms with Crippen LogP contribution in [0.2, 0.25) is 0 Å². The first-order valence-corrected chi connectivity index (χ1v) is 6.33. The predicted octanol–water partition coefficient (Wildman–Crippen LogP) is 3.36. The second-order valence-electron chi connectivity index (χ2n) is 5.38. The SMILES string of the molecule is CC(C)[C@H]1CN(c2cc(C(F)(F)F)ccn2)C[C@@H]1N.Cl.Cl. The molecule has 0 radical (unpaired) electrons. The third-order valence-corrected chi connectivity index (χ3v) is 3.67. The molecule has 21 heavy (non-hydrogen) atoms. The molecule has 0 bridgehead atoms. The zero-order valence-electron chi connectivity index (χ0n) is 11.8. The summed E-state index contributed by atoms with van der Waals surface area (Å²) < 4.78 is 38.0. The summed E-state index contributed by atoms with van der Waals surface area (Å²) in [6.45, 7) is 5.37. The van der Waals surface area contributed by atoms with E-state index in [-0.39, 0.29) is 36.8 Å². The average molecular weight is 346 g/mol. The Labute approximate surface area is 134 Å². The van der Waals surface area contributed by atoms with Gasteiger partial charge in [0, 0.05) is 25.3 Å². The van der Waals surface area contributed by atoms with Crippen molar-refractivity contribution in [2.45, 2.75) is 26.1 Å². The van der Waals surface area contributed by atoms with E-state index in [1.165, 1.54) is 6.20 Å². The lowest BCUT2D eigenvalue weighted by Gasteiger charge is -2.19. The number of nitrogens with zero attached hydrogens (tertiary/aromatic N) is 2. The van der Waals surface area contributed by atoms with Crippen molar-refractivity contribution in [1.29, 1.82) is 0 Å². The molecule has 1 aromatic heterocycles. The Hall–Kier alpha value is -0.720. The predicted molar refractivity (Wildman–Crippen MR) is 82.3 cm³/mol. The summed E-state index contributed by atoms with van der Waals surface area (Å²) >= 11 is 0. The van der Waals surface area contributed by atoms with Crippen molar-refractivity contribution in [2.24, 2.45) is 17.6 Å². The highest BCUT2D eigenvalue weighted by Gasteiger charge is 2.35. The molecule has 0 aliphatic carbocycles. The smallest absolute Gasteiger partial charge is 0.355 e. The molecular weight excluding hydrogens is 326 g/mol. The van der Waals surface area contributed by atoms with Gasteiger partial charge in [0.05, 0.1) is 5.56 Å². The molecule has 8 heteroatoms. The lowest BCUT2D eigenvalue weighted by molar-refractivity contribution is -0.137. The van der Waals surface area contributed by atoms with Crippen molar-refractivity contribution in [3.8, 4) is 0 Å². The molecule has 0 saturated carbocycles. The van der Waals surface area contributed by atoms with E-state index in [9.17, 15) is 13.2 Å². The summed E-state index contributed by atoms with van der Waals surface area (Å²) in [7, 11) is 0. The van der Waals surface area contributed by atoms with Crippen LogP contribution in [0.5, 0.6) is 0 Å². The van der Waals surface area contributed by atoms with E-state index in [4.69, 9.17) is 5.73 Å². The van der Waals surface area contributed by atoms with Gasteiger partial charge in [-0.3, -0.25) is 0 Å². The monoisotopic (exact) mass is 345 g/mol. The Balaban J connectivity index is 0.00000200. The fraction of sp³-hybridized carbons (Fsp3) is 0.615. The van der Waals surface area contributed by atoms with Gasteiger partial charge in [-0.25, -0.2) is 4.98 Å². The summed E-state index contributed by atoms with van der Waals surface area (Å²) in [5.41, 5.74) is 5.37. The number of halogens is 5. The summed E-state index contributed by atoms with van der Waals surface area (Å²) in [6, 6.07) is 2.06. The first-order chi connectivity index (χ1) is 8.79. The number of alkyl halides is 3. The van der Waals surface area contributed by atoms with Crippen LogP contribution in [0.15, 0.2) is 18.3 Å². The number of hydrogen-bond acceptors (Lipinski definition) is 3. The summed E-state index contributed by atoms with van der Waals surface area (Å²) in [4.78, 5) is 5.87. The fourth-order valence-electron chi connectivity index (χ4n) is 2.51. The van der Waals surface area contributed by atoms with Crippen LogP contribution in [0, 0.1) is 11.8 Å². The Kier molecular flexibility index (Phi) is 7.26. The molecule has 1 saturated heterocycles. The van der Waals surface area contributed by atoms with Crippen LogP contribution < -0.4 is 10.6 Å². The van der Waals surface area contributed by atoms with Gasteiger partial charge >= 0.3 is 6.18 Å². The number of rotatable bonds is 2. The van der Waals surface area contributed by atoms with Gasteiger partial charge in [0.1, 0.15) is 5.82 Å². The number of nitrogens with two attached hydrogens (primary N) is 1. The van der Waals surface area contributed by atoms with E-state index in [0.29, 0.717) is 24.8 Å². The zero-order valence-corrected chi connectivity index (χ0v) is 13.4. The van der Waals surface area contributed by atoms with E-state index in [1.807, 2.05) is 4.90 Å². The summed E-state index contributed by atoms with van der Waals surface area (Å²) in [6.07, 6.45) is -3.14. The van der Waals surface area contributed by atoms with Gasteiger partial charge < -0.3 is 10.6 Å². The van der Waals surface area contributed by atoms with E-state index >= 15 is 0 Å². The number of aromatic nitrogens is 1. The first-order valence-electron chi connectivity index (χ1n) is 6.33. The van der Waals surface area contributed by atoms with Crippen LogP contribution in [0.3, 0.4) is 0 Å². The van der Waals surface area contributed by atoms with Crippen molar-refractivity contribution in [2.75, 3.05) is 18.0 Å². The highest BCUT2D eigenvalue weighted by Crippen LogP contribution is 2.32. The van der Waals surface area contributed by atoms with Crippen LogP contribution >= 0.6 is 24.8 Å². The Morgan fingerprint density at radius 3 is 2.38 bits per heavy atom. The molecule has 0 spiro atoms. The molecule has 1 aromatic rings. The largest absolute Gasteiger partial charge is 0.416 e. The van der Waals surface area contributed by atoms with E-state index in [1.54, 1.807) is 0 Å². The maximum atomic E-state index is 12.7. The van der Waals surface area contributed by atoms with Gasteiger partial charge in [-0.1, -0.05) is 13.8 Å². The zero-order chi connectivity index (χ0) is 14.2. The maximum Gasteiger partial charge on any atom is 0.416 e. The second kappa shape index (κ2) is 7.51.